The standard InChI is InChI=1S/C9H14N2O/c1-5(2)7-9(12)8(6(3)4)11-10-7/h6,12H,1H2,2-4H3,(H,10,11). The number of aromatic hydroxyl groups is 1. The Morgan fingerprint density at radius 1 is 1.58 bits per heavy atom. The predicted molar refractivity (Wildman–Crippen MR) is 49.0 cm³/mol. The molecule has 0 aliphatic rings. The zero-order valence-electron chi connectivity index (χ0n) is 7.68. The van der Waals surface area contributed by atoms with E-state index < -0.39 is 0 Å². The summed E-state index contributed by atoms with van der Waals surface area (Å²) in [6, 6.07) is 0. The van der Waals surface area contributed by atoms with E-state index in [1.165, 1.54) is 0 Å². The Hall–Kier alpha value is -1.25. The minimum Gasteiger partial charge on any atom is -0.504 e. The fourth-order valence-electron chi connectivity index (χ4n) is 1.05. The molecule has 12 heavy (non-hydrogen) atoms. The lowest BCUT2D eigenvalue weighted by Gasteiger charge is -2.00. The fraction of sp³-hybridized carbons (Fsp3) is 0.444. The minimum absolute atomic E-state index is 0.234. The van der Waals surface area contributed by atoms with Crippen LogP contribution < -0.4 is 0 Å². The van der Waals surface area contributed by atoms with Gasteiger partial charge in [0.1, 0.15) is 5.69 Å². The van der Waals surface area contributed by atoms with Gasteiger partial charge in [0.25, 0.3) is 0 Å². The Bertz CT molecular complexity index is 299. The van der Waals surface area contributed by atoms with Gasteiger partial charge < -0.3 is 5.11 Å². The number of nitrogens with one attached hydrogen (secondary N) is 1. The maximum absolute atomic E-state index is 9.62. The number of aromatic nitrogens is 2. The van der Waals surface area contributed by atoms with E-state index >= 15 is 0 Å². The van der Waals surface area contributed by atoms with Gasteiger partial charge in [0.2, 0.25) is 0 Å². The van der Waals surface area contributed by atoms with Crippen LogP contribution in [0.1, 0.15) is 38.1 Å². The van der Waals surface area contributed by atoms with E-state index in [-0.39, 0.29) is 11.7 Å². The third-order valence-electron chi connectivity index (χ3n) is 1.75. The van der Waals surface area contributed by atoms with Gasteiger partial charge in [-0.15, -0.1) is 0 Å². The van der Waals surface area contributed by atoms with Crippen molar-refractivity contribution in [3.63, 3.8) is 0 Å². The number of hydrogen-bond acceptors (Lipinski definition) is 2. The molecule has 1 heterocycles. The van der Waals surface area contributed by atoms with Gasteiger partial charge in [-0.25, -0.2) is 0 Å². The second-order valence-corrected chi connectivity index (χ2v) is 3.27. The number of rotatable bonds is 2. The first-order valence-corrected chi connectivity index (χ1v) is 3.97. The minimum atomic E-state index is 0.234. The lowest BCUT2D eigenvalue weighted by Crippen LogP contribution is -1.86. The van der Waals surface area contributed by atoms with Crippen LogP contribution in [-0.2, 0) is 0 Å². The van der Waals surface area contributed by atoms with Crippen molar-refractivity contribution in [2.45, 2.75) is 26.7 Å². The van der Waals surface area contributed by atoms with Crippen molar-refractivity contribution in [1.29, 1.82) is 0 Å². The van der Waals surface area contributed by atoms with Crippen molar-refractivity contribution in [2.24, 2.45) is 0 Å². The molecule has 1 rings (SSSR count). The number of H-pyrrole nitrogens is 1. The van der Waals surface area contributed by atoms with Crippen molar-refractivity contribution >= 4 is 5.57 Å². The van der Waals surface area contributed by atoms with Gasteiger partial charge >= 0.3 is 0 Å². The fourth-order valence-corrected chi connectivity index (χ4v) is 1.05. The van der Waals surface area contributed by atoms with Crippen molar-refractivity contribution in [3.05, 3.63) is 18.0 Å². The van der Waals surface area contributed by atoms with Crippen LogP contribution in [0.3, 0.4) is 0 Å². The first-order valence-electron chi connectivity index (χ1n) is 3.97. The molecule has 1 aromatic heterocycles. The highest BCUT2D eigenvalue weighted by atomic mass is 16.3. The summed E-state index contributed by atoms with van der Waals surface area (Å²) in [5.74, 6) is 0.489. The van der Waals surface area contributed by atoms with E-state index in [0.717, 1.165) is 11.3 Å². The largest absolute Gasteiger partial charge is 0.504 e. The van der Waals surface area contributed by atoms with Gasteiger partial charge in [-0.3, -0.25) is 5.10 Å². The Kier molecular flexibility index (Phi) is 2.22. The molecule has 0 fully saturated rings. The summed E-state index contributed by atoms with van der Waals surface area (Å²) in [4.78, 5) is 0. The van der Waals surface area contributed by atoms with Crippen molar-refractivity contribution in [2.75, 3.05) is 0 Å². The van der Waals surface area contributed by atoms with Gasteiger partial charge in [0.05, 0.1) is 5.69 Å². The molecule has 0 saturated heterocycles. The highest BCUT2D eigenvalue weighted by Gasteiger charge is 2.14. The zero-order chi connectivity index (χ0) is 9.30. The summed E-state index contributed by atoms with van der Waals surface area (Å²) in [6.07, 6.45) is 0. The number of hydrogen-bond donors (Lipinski definition) is 2. The molecule has 1 aromatic rings. The molecule has 3 nitrogen and oxygen atoms in total. The molecule has 0 saturated carbocycles. The summed E-state index contributed by atoms with van der Waals surface area (Å²) >= 11 is 0. The molecule has 0 spiro atoms. The second-order valence-electron chi connectivity index (χ2n) is 3.27. The average molecular weight is 166 g/mol. The third-order valence-corrected chi connectivity index (χ3v) is 1.75. The van der Waals surface area contributed by atoms with E-state index in [9.17, 15) is 5.11 Å². The lowest BCUT2D eigenvalue weighted by atomic mass is 10.1. The van der Waals surface area contributed by atoms with Gasteiger partial charge in [0, 0.05) is 0 Å². The molecule has 0 bridgehead atoms. The van der Waals surface area contributed by atoms with Gasteiger partial charge in [-0.2, -0.15) is 5.10 Å². The molecular formula is C9H14N2O. The molecule has 0 amide bonds. The van der Waals surface area contributed by atoms with Crippen molar-refractivity contribution in [1.82, 2.24) is 10.2 Å². The molecule has 0 radical (unpaired) electrons. The van der Waals surface area contributed by atoms with E-state index in [4.69, 9.17) is 0 Å². The highest BCUT2D eigenvalue weighted by Crippen LogP contribution is 2.29. The summed E-state index contributed by atoms with van der Waals surface area (Å²) < 4.78 is 0. The van der Waals surface area contributed by atoms with Crippen LogP contribution in [0.4, 0.5) is 0 Å². The van der Waals surface area contributed by atoms with Crippen LogP contribution in [0.2, 0.25) is 0 Å². The quantitative estimate of drug-likeness (QED) is 0.708. The van der Waals surface area contributed by atoms with Crippen molar-refractivity contribution < 1.29 is 5.11 Å². The van der Waals surface area contributed by atoms with Crippen LogP contribution in [0, 0.1) is 0 Å². The van der Waals surface area contributed by atoms with Crippen molar-refractivity contribution in [3.8, 4) is 5.75 Å². The van der Waals surface area contributed by atoms with Gasteiger partial charge in [-0.1, -0.05) is 20.4 Å². The SMILES string of the molecule is C=C(C)c1n[nH]c(C(C)C)c1O. The summed E-state index contributed by atoms with van der Waals surface area (Å²) in [5.41, 5.74) is 2.11. The monoisotopic (exact) mass is 166 g/mol. The number of aromatic amines is 1. The second kappa shape index (κ2) is 3.01. The van der Waals surface area contributed by atoms with E-state index in [1.807, 2.05) is 20.8 Å². The molecule has 0 aliphatic heterocycles. The summed E-state index contributed by atoms with van der Waals surface area (Å²) in [6.45, 7) is 9.53. The van der Waals surface area contributed by atoms with Crippen LogP contribution in [0.15, 0.2) is 6.58 Å². The molecule has 66 valence electrons. The smallest absolute Gasteiger partial charge is 0.164 e. The lowest BCUT2D eigenvalue weighted by molar-refractivity contribution is 0.463. The first-order chi connectivity index (χ1) is 5.54. The average Bonchev–Trinajstić information content (AvgIpc) is 2.30. The summed E-state index contributed by atoms with van der Waals surface area (Å²) in [7, 11) is 0. The third kappa shape index (κ3) is 1.35. The number of nitrogens with zero attached hydrogens (tertiary/aromatic N) is 1. The maximum Gasteiger partial charge on any atom is 0.164 e. The predicted octanol–water partition coefficient (Wildman–Crippen LogP) is 2.27. The molecule has 3 heteroatoms. The van der Waals surface area contributed by atoms with Gasteiger partial charge in [-0.05, 0) is 18.4 Å². The van der Waals surface area contributed by atoms with E-state index in [0.29, 0.717) is 5.69 Å². The first kappa shape index (κ1) is 8.84. The highest BCUT2D eigenvalue weighted by molar-refractivity contribution is 5.64. The summed E-state index contributed by atoms with van der Waals surface area (Å²) in [5, 5.41) is 16.4. The maximum atomic E-state index is 9.62. The van der Waals surface area contributed by atoms with Gasteiger partial charge in [0.15, 0.2) is 5.75 Å². The molecule has 0 unspecified atom stereocenters. The van der Waals surface area contributed by atoms with Crippen LogP contribution >= 0.6 is 0 Å². The molecule has 0 aliphatic carbocycles. The Labute approximate surface area is 72.1 Å². The molecular weight excluding hydrogens is 152 g/mol. The molecule has 0 aromatic carbocycles. The van der Waals surface area contributed by atoms with E-state index in [2.05, 4.69) is 16.8 Å². The topological polar surface area (TPSA) is 48.9 Å². The Balaban J connectivity index is 3.13. The van der Waals surface area contributed by atoms with Crippen LogP contribution in [-0.4, -0.2) is 15.3 Å². The molecule has 0 atom stereocenters. The Morgan fingerprint density at radius 3 is 2.42 bits per heavy atom. The Morgan fingerprint density at radius 2 is 2.17 bits per heavy atom. The van der Waals surface area contributed by atoms with Crippen LogP contribution in [0.25, 0.3) is 5.57 Å². The van der Waals surface area contributed by atoms with Crippen LogP contribution in [0.5, 0.6) is 5.75 Å². The van der Waals surface area contributed by atoms with E-state index in [1.54, 1.807) is 0 Å². The molecule has 2 N–H and O–H groups in total. The number of allylic oxidation sites excluding steroid dienone is 1. The zero-order valence-corrected chi connectivity index (χ0v) is 7.68. The normalized spacial score (nSPS) is 10.7.